The summed E-state index contributed by atoms with van der Waals surface area (Å²) >= 11 is 0. The maximum atomic E-state index is 11.6. The molecule has 2 rings (SSSR count). The van der Waals surface area contributed by atoms with Crippen LogP contribution in [0.5, 0.6) is 0 Å². The quantitative estimate of drug-likeness (QED) is 0.625. The number of fused-ring (bicyclic) bond motifs is 1. The molecule has 6 heteroatoms. The summed E-state index contributed by atoms with van der Waals surface area (Å²) in [5, 5.41) is 0.802. The number of rotatable bonds is 2. The zero-order chi connectivity index (χ0) is 13.0. The van der Waals surface area contributed by atoms with Gasteiger partial charge in [-0.05, 0) is 19.1 Å². The number of esters is 1. The minimum Gasteiger partial charge on any atom is -0.434 e. The van der Waals surface area contributed by atoms with Crippen molar-refractivity contribution in [2.75, 3.05) is 6.61 Å². The van der Waals surface area contributed by atoms with E-state index < -0.39 is 12.1 Å². The fraction of sp³-hybridized carbons (Fsp3) is 0.154. The first kappa shape index (κ1) is 14.9. The first-order valence-electron chi connectivity index (χ1n) is 5.44. The van der Waals surface area contributed by atoms with Gasteiger partial charge in [-0.25, -0.2) is 9.59 Å². The van der Waals surface area contributed by atoms with E-state index in [-0.39, 0.29) is 24.6 Å². The molecule has 19 heavy (non-hydrogen) atoms. The Bertz CT molecular complexity index is 600. The van der Waals surface area contributed by atoms with Gasteiger partial charge in [-0.1, -0.05) is 18.2 Å². The zero-order valence-corrected chi connectivity index (χ0v) is 11.0. The van der Waals surface area contributed by atoms with Crippen LogP contribution < -0.4 is 0 Å². The van der Waals surface area contributed by atoms with Crippen LogP contribution >= 0.6 is 12.4 Å². The number of nitrogens with zero attached hydrogens (tertiary/aromatic N) is 1. The number of hydrogen-bond acceptors (Lipinski definition) is 5. The second-order valence-electron chi connectivity index (χ2n) is 3.49. The van der Waals surface area contributed by atoms with Crippen molar-refractivity contribution in [3.63, 3.8) is 0 Å². The third-order valence-corrected chi connectivity index (χ3v) is 2.26. The molecule has 0 bridgehead atoms. The van der Waals surface area contributed by atoms with Crippen molar-refractivity contribution in [2.24, 2.45) is 0 Å². The first-order chi connectivity index (χ1) is 8.70. The van der Waals surface area contributed by atoms with Crippen molar-refractivity contribution in [1.29, 1.82) is 0 Å². The van der Waals surface area contributed by atoms with Gasteiger partial charge in [0, 0.05) is 11.6 Å². The summed E-state index contributed by atoms with van der Waals surface area (Å²) in [5.74, 6) is -0.772. The predicted molar refractivity (Wildman–Crippen MR) is 71.4 cm³/mol. The first-order valence-corrected chi connectivity index (χ1v) is 5.44. The van der Waals surface area contributed by atoms with E-state index in [2.05, 4.69) is 14.5 Å². The van der Waals surface area contributed by atoms with Gasteiger partial charge < -0.3 is 9.47 Å². The van der Waals surface area contributed by atoms with Crippen LogP contribution in [0.2, 0.25) is 0 Å². The Morgan fingerprint density at radius 1 is 1.26 bits per heavy atom. The Kier molecular flexibility index (Phi) is 5.26. The Hall–Kier alpha value is -2.14. The fourth-order valence-corrected chi connectivity index (χ4v) is 1.46. The average molecular weight is 282 g/mol. The number of halogens is 1. The molecule has 1 heterocycles. The molecule has 0 amide bonds. The normalized spacial score (nSPS) is 9.53. The van der Waals surface area contributed by atoms with E-state index in [1.165, 1.54) is 6.20 Å². The molecule has 0 fully saturated rings. The largest absolute Gasteiger partial charge is 0.516 e. The average Bonchev–Trinajstić information content (AvgIpc) is 2.38. The lowest BCUT2D eigenvalue weighted by molar-refractivity contribution is 0.0401. The minimum absolute atomic E-state index is 0. The summed E-state index contributed by atoms with van der Waals surface area (Å²) in [6.07, 6.45) is 0.361. The Morgan fingerprint density at radius 2 is 2.00 bits per heavy atom. The number of carbonyl (C=O) groups excluding carboxylic acids is 2. The van der Waals surface area contributed by atoms with Crippen LogP contribution in [-0.4, -0.2) is 23.7 Å². The molecule has 1 aromatic heterocycles. The summed E-state index contributed by atoms with van der Waals surface area (Å²) < 4.78 is 9.00. The SMILES string of the molecule is CCOC(=O)OC(=O)c1cnc2ccccc2c1.Cl. The van der Waals surface area contributed by atoms with Crippen molar-refractivity contribution < 1.29 is 19.1 Å². The highest BCUT2D eigenvalue weighted by Gasteiger charge is 2.14. The van der Waals surface area contributed by atoms with Crippen LogP contribution in [0.25, 0.3) is 10.9 Å². The molecule has 0 radical (unpaired) electrons. The van der Waals surface area contributed by atoms with Gasteiger partial charge in [0.25, 0.3) is 0 Å². The Labute approximate surface area is 115 Å². The molecule has 0 saturated heterocycles. The van der Waals surface area contributed by atoms with Gasteiger partial charge in [-0.3, -0.25) is 4.98 Å². The standard InChI is InChI=1S/C13H11NO4.ClH/c1-2-17-13(16)18-12(15)10-7-9-5-3-4-6-11(9)14-8-10;/h3-8H,2H2,1H3;1H. The van der Waals surface area contributed by atoms with E-state index in [0.717, 1.165) is 10.9 Å². The van der Waals surface area contributed by atoms with E-state index in [1.54, 1.807) is 13.0 Å². The third kappa shape index (κ3) is 3.66. The molecule has 100 valence electrons. The number of hydrogen-bond donors (Lipinski definition) is 0. The predicted octanol–water partition coefficient (Wildman–Crippen LogP) is 2.97. The van der Waals surface area contributed by atoms with Crippen LogP contribution in [0.1, 0.15) is 17.3 Å². The molecule has 0 aliphatic heterocycles. The smallest absolute Gasteiger partial charge is 0.434 e. The molecule has 1 aromatic carbocycles. The van der Waals surface area contributed by atoms with Crippen LogP contribution in [0.15, 0.2) is 36.5 Å². The summed E-state index contributed by atoms with van der Waals surface area (Å²) in [4.78, 5) is 26.7. The Balaban J connectivity index is 0.00000180. The maximum Gasteiger partial charge on any atom is 0.516 e. The van der Waals surface area contributed by atoms with Crippen molar-refractivity contribution >= 4 is 35.4 Å². The van der Waals surface area contributed by atoms with Crippen LogP contribution in [0, 0.1) is 0 Å². The molecular formula is C13H12ClNO4. The monoisotopic (exact) mass is 281 g/mol. The van der Waals surface area contributed by atoms with Crippen molar-refractivity contribution in [3.05, 3.63) is 42.1 Å². The Morgan fingerprint density at radius 3 is 2.74 bits per heavy atom. The zero-order valence-electron chi connectivity index (χ0n) is 10.2. The van der Waals surface area contributed by atoms with Gasteiger partial charge in [-0.15, -0.1) is 12.4 Å². The van der Waals surface area contributed by atoms with Crippen LogP contribution in [-0.2, 0) is 9.47 Å². The molecule has 0 aliphatic carbocycles. The number of ether oxygens (including phenoxy) is 2. The molecule has 5 nitrogen and oxygen atoms in total. The van der Waals surface area contributed by atoms with E-state index in [9.17, 15) is 9.59 Å². The molecule has 0 atom stereocenters. The van der Waals surface area contributed by atoms with Crippen LogP contribution in [0.4, 0.5) is 4.79 Å². The second kappa shape index (κ2) is 6.70. The lowest BCUT2D eigenvalue weighted by atomic mass is 10.2. The lowest BCUT2D eigenvalue weighted by Gasteiger charge is -2.03. The number of benzene rings is 1. The van der Waals surface area contributed by atoms with Crippen molar-refractivity contribution in [1.82, 2.24) is 4.98 Å². The van der Waals surface area contributed by atoms with Gasteiger partial charge >= 0.3 is 12.1 Å². The van der Waals surface area contributed by atoms with Gasteiger partial charge in [0.2, 0.25) is 0 Å². The topological polar surface area (TPSA) is 65.5 Å². The summed E-state index contributed by atoms with van der Waals surface area (Å²) in [6, 6.07) is 8.96. The highest BCUT2D eigenvalue weighted by Crippen LogP contribution is 2.13. The number of para-hydroxylation sites is 1. The molecular weight excluding hydrogens is 270 g/mol. The molecule has 0 spiro atoms. The molecule has 0 unspecified atom stereocenters. The number of carbonyl (C=O) groups is 2. The molecule has 2 aromatic rings. The summed E-state index contributed by atoms with van der Waals surface area (Å²) in [6.45, 7) is 1.78. The fourth-order valence-electron chi connectivity index (χ4n) is 1.46. The van der Waals surface area contributed by atoms with Gasteiger partial charge in [-0.2, -0.15) is 0 Å². The summed E-state index contributed by atoms with van der Waals surface area (Å²) in [5.41, 5.74) is 0.979. The van der Waals surface area contributed by atoms with Crippen molar-refractivity contribution in [2.45, 2.75) is 6.92 Å². The molecule has 0 saturated carbocycles. The third-order valence-electron chi connectivity index (χ3n) is 2.26. The lowest BCUT2D eigenvalue weighted by Crippen LogP contribution is -2.14. The summed E-state index contributed by atoms with van der Waals surface area (Å²) in [7, 11) is 0. The number of pyridine rings is 1. The maximum absolute atomic E-state index is 11.6. The van der Waals surface area contributed by atoms with Gasteiger partial charge in [0.15, 0.2) is 0 Å². The highest BCUT2D eigenvalue weighted by molar-refractivity contribution is 5.97. The van der Waals surface area contributed by atoms with Gasteiger partial charge in [0.05, 0.1) is 17.7 Å². The van der Waals surface area contributed by atoms with E-state index in [1.807, 2.05) is 24.3 Å². The second-order valence-corrected chi connectivity index (χ2v) is 3.49. The van der Waals surface area contributed by atoms with E-state index in [0.29, 0.717) is 0 Å². The van der Waals surface area contributed by atoms with Crippen LogP contribution in [0.3, 0.4) is 0 Å². The van der Waals surface area contributed by atoms with E-state index >= 15 is 0 Å². The minimum atomic E-state index is -1.00. The van der Waals surface area contributed by atoms with Crippen molar-refractivity contribution in [3.8, 4) is 0 Å². The number of aromatic nitrogens is 1. The van der Waals surface area contributed by atoms with E-state index in [4.69, 9.17) is 0 Å². The van der Waals surface area contributed by atoms with Gasteiger partial charge in [0.1, 0.15) is 0 Å². The highest BCUT2D eigenvalue weighted by atomic mass is 35.5. The molecule has 0 aliphatic rings. The molecule has 0 N–H and O–H groups in total.